The summed E-state index contributed by atoms with van der Waals surface area (Å²) in [6.07, 6.45) is 1.91. The molecule has 4 heteroatoms. The molecule has 0 fully saturated rings. The van der Waals surface area contributed by atoms with Crippen molar-refractivity contribution in [2.45, 2.75) is 20.4 Å². The summed E-state index contributed by atoms with van der Waals surface area (Å²) in [7, 11) is 1.96. The van der Waals surface area contributed by atoms with Gasteiger partial charge in [0, 0.05) is 35.0 Å². The summed E-state index contributed by atoms with van der Waals surface area (Å²) in [6.45, 7) is 4.97. The number of benzene rings is 1. The molecule has 0 spiro atoms. The highest BCUT2D eigenvalue weighted by molar-refractivity contribution is 9.10. The van der Waals surface area contributed by atoms with E-state index in [4.69, 9.17) is 0 Å². The van der Waals surface area contributed by atoms with Crippen LogP contribution in [0.5, 0.6) is 0 Å². The van der Waals surface area contributed by atoms with Gasteiger partial charge in [-0.3, -0.25) is 4.68 Å². The van der Waals surface area contributed by atoms with E-state index >= 15 is 0 Å². The summed E-state index contributed by atoms with van der Waals surface area (Å²) >= 11 is 3.50. The maximum atomic E-state index is 4.23. The molecule has 0 saturated carbocycles. The number of halogens is 1. The van der Waals surface area contributed by atoms with Crippen molar-refractivity contribution in [1.29, 1.82) is 0 Å². The molecule has 0 unspecified atom stereocenters. The third-order valence-corrected chi connectivity index (χ3v) is 3.32. The Hall–Kier alpha value is -1.29. The first-order chi connectivity index (χ1) is 8.06. The molecule has 0 amide bonds. The van der Waals surface area contributed by atoms with E-state index in [2.05, 4.69) is 58.4 Å². The van der Waals surface area contributed by atoms with Crippen molar-refractivity contribution in [3.63, 3.8) is 0 Å². The molecular weight excluding hydrogens is 278 g/mol. The second-order valence-corrected chi connectivity index (χ2v) is 5.17. The van der Waals surface area contributed by atoms with Crippen LogP contribution in [0, 0.1) is 13.8 Å². The number of hydrogen-bond acceptors (Lipinski definition) is 2. The van der Waals surface area contributed by atoms with E-state index in [-0.39, 0.29) is 0 Å². The number of rotatable bonds is 3. The van der Waals surface area contributed by atoms with Crippen LogP contribution < -0.4 is 5.32 Å². The molecule has 90 valence electrons. The van der Waals surface area contributed by atoms with Gasteiger partial charge in [0.2, 0.25) is 0 Å². The first-order valence-corrected chi connectivity index (χ1v) is 6.34. The minimum atomic E-state index is 0.801. The fourth-order valence-corrected chi connectivity index (χ4v) is 2.36. The van der Waals surface area contributed by atoms with Gasteiger partial charge in [-0.1, -0.05) is 15.9 Å². The summed E-state index contributed by atoms with van der Waals surface area (Å²) in [5.41, 5.74) is 4.79. The summed E-state index contributed by atoms with van der Waals surface area (Å²) < 4.78 is 2.99. The van der Waals surface area contributed by atoms with Crippen LogP contribution in [-0.4, -0.2) is 9.78 Å². The fraction of sp³-hybridized carbons (Fsp3) is 0.308. The fourth-order valence-electron chi connectivity index (χ4n) is 1.75. The van der Waals surface area contributed by atoms with Crippen LogP contribution in [-0.2, 0) is 13.6 Å². The molecule has 1 aromatic carbocycles. The SMILES string of the molecule is Cc1cc(Br)cc(NCc2cnn(C)c2C)c1. The molecule has 2 aromatic rings. The van der Waals surface area contributed by atoms with Crippen molar-refractivity contribution >= 4 is 21.6 Å². The Balaban J connectivity index is 2.09. The van der Waals surface area contributed by atoms with Crippen molar-refractivity contribution in [2.75, 3.05) is 5.32 Å². The quantitative estimate of drug-likeness (QED) is 0.940. The lowest BCUT2D eigenvalue weighted by molar-refractivity contribution is 0.738. The Bertz CT molecular complexity index is 511. The van der Waals surface area contributed by atoms with Crippen LogP contribution >= 0.6 is 15.9 Å². The molecule has 1 N–H and O–H groups in total. The highest BCUT2D eigenvalue weighted by Gasteiger charge is 2.03. The first-order valence-electron chi connectivity index (χ1n) is 5.55. The highest BCUT2D eigenvalue weighted by Crippen LogP contribution is 2.20. The monoisotopic (exact) mass is 293 g/mol. The van der Waals surface area contributed by atoms with E-state index in [1.807, 2.05) is 17.9 Å². The van der Waals surface area contributed by atoms with Crippen LogP contribution in [0.15, 0.2) is 28.9 Å². The molecule has 0 atom stereocenters. The van der Waals surface area contributed by atoms with E-state index in [1.54, 1.807) is 0 Å². The maximum Gasteiger partial charge on any atom is 0.0542 e. The van der Waals surface area contributed by atoms with Crippen molar-refractivity contribution in [3.8, 4) is 0 Å². The maximum absolute atomic E-state index is 4.23. The highest BCUT2D eigenvalue weighted by atomic mass is 79.9. The lowest BCUT2D eigenvalue weighted by Crippen LogP contribution is -2.01. The first kappa shape index (κ1) is 12.2. The van der Waals surface area contributed by atoms with E-state index in [9.17, 15) is 0 Å². The van der Waals surface area contributed by atoms with Gasteiger partial charge in [0.1, 0.15) is 0 Å². The van der Waals surface area contributed by atoms with Gasteiger partial charge >= 0.3 is 0 Å². The van der Waals surface area contributed by atoms with Crippen molar-refractivity contribution in [1.82, 2.24) is 9.78 Å². The Morgan fingerprint density at radius 1 is 1.29 bits per heavy atom. The van der Waals surface area contributed by atoms with Crippen LogP contribution in [0.1, 0.15) is 16.8 Å². The summed E-state index contributed by atoms with van der Waals surface area (Å²) in [5.74, 6) is 0. The average molecular weight is 294 g/mol. The largest absolute Gasteiger partial charge is 0.381 e. The molecule has 2 rings (SSSR count). The number of hydrogen-bond donors (Lipinski definition) is 1. The van der Waals surface area contributed by atoms with Gasteiger partial charge in [-0.25, -0.2) is 0 Å². The van der Waals surface area contributed by atoms with Crippen LogP contribution in [0.2, 0.25) is 0 Å². The number of aryl methyl sites for hydroxylation is 2. The third-order valence-electron chi connectivity index (χ3n) is 2.86. The van der Waals surface area contributed by atoms with Gasteiger partial charge in [-0.2, -0.15) is 5.10 Å². The molecular formula is C13H16BrN3. The van der Waals surface area contributed by atoms with Gasteiger partial charge in [0.25, 0.3) is 0 Å². The molecule has 0 aliphatic carbocycles. The average Bonchev–Trinajstić information content (AvgIpc) is 2.56. The van der Waals surface area contributed by atoms with E-state index in [1.165, 1.54) is 16.8 Å². The topological polar surface area (TPSA) is 29.9 Å². The summed E-state index contributed by atoms with van der Waals surface area (Å²) in [5, 5.41) is 7.64. The van der Waals surface area contributed by atoms with E-state index < -0.39 is 0 Å². The zero-order valence-electron chi connectivity index (χ0n) is 10.3. The molecule has 0 radical (unpaired) electrons. The van der Waals surface area contributed by atoms with Crippen molar-refractivity contribution in [2.24, 2.45) is 7.05 Å². The summed E-state index contributed by atoms with van der Waals surface area (Å²) in [6, 6.07) is 6.32. The van der Waals surface area contributed by atoms with Crippen LogP contribution in [0.4, 0.5) is 5.69 Å². The number of anilines is 1. The van der Waals surface area contributed by atoms with Gasteiger partial charge in [0.15, 0.2) is 0 Å². The predicted molar refractivity (Wildman–Crippen MR) is 74.2 cm³/mol. The molecule has 0 bridgehead atoms. The Labute approximate surface area is 110 Å². The molecule has 0 saturated heterocycles. The van der Waals surface area contributed by atoms with Crippen molar-refractivity contribution < 1.29 is 0 Å². The predicted octanol–water partition coefficient (Wildman–Crippen LogP) is 3.41. The second-order valence-electron chi connectivity index (χ2n) is 4.25. The van der Waals surface area contributed by atoms with Crippen LogP contribution in [0.25, 0.3) is 0 Å². The second kappa shape index (κ2) is 4.92. The number of aromatic nitrogens is 2. The lowest BCUT2D eigenvalue weighted by Gasteiger charge is -2.08. The van der Waals surface area contributed by atoms with E-state index in [0.29, 0.717) is 0 Å². The number of nitrogens with zero attached hydrogens (tertiary/aromatic N) is 2. The normalized spacial score (nSPS) is 10.6. The standard InChI is InChI=1S/C13H16BrN3/c1-9-4-12(14)6-13(5-9)15-7-11-8-16-17(3)10(11)2/h4-6,8,15H,7H2,1-3H3. The molecule has 3 nitrogen and oxygen atoms in total. The van der Waals surface area contributed by atoms with E-state index in [0.717, 1.165) is 16.7 Å². The zero-order chi connectivity index (χ0) is 12.4. The van der Waals surface area contributed by atoms with Gasteiger partial charge in [0.05, 0.1) is 6.20 Å². The molecule has 0 aliphatic heterocycles. The molecule has 17 heavy (non-hydrogen) atoms. The Kier molecular flexibility index (Phi) is 3.52. The summed E-state index contributed by atoms with van der Waals surface area (Å²) in [4.78, 5) is 0. The van der Waals surface area contributed by atoms with Gasteiger partial charge in [-0.05, 0) is 37.6 Å². The van der Waals surface area contributed by atoms with Gasteiger partial charge < -0.3 is 5.32 Å². The minimum Gasteiger partial charge on any atom is -0.381 e. The van der Waals surface area contributed by atoms with Gasteiger partial charge in [-0.15, -0.1) is 0 Å². The smallest absolute Gasteiger partial charge is 0.0542 e. The zero-order valence-corrected chi connectivity index (χ0v) is 11.9. The third kappa shape index (κ3) is 2.88. The Morgan fingerprint density at radius 3 is 2.65 bits per heavy atom. The van der Waals surface area contributed by atoms with Crippen molar-refractivity contribution in [3.05, 3.63) is 45.7 Å². The molecule has 1 aromatic heterocycles. The molecule has 1 heterocycles. The minimum absolute atomic E-state index is 0.801. The molecule has 0 aliphatic rings. The Morgan fingerprint density at radius 2 is 2.06 bits per heavy atom. The van der Waals surface area contributed by atoms with Crippen LogP contribution in [0.3, 0.4) is 0 Å². The number of nitrogens with one attached hydrogen (secondary N) is 1. The lowest BCUT2D eigenvalue weighted by atomic mass is 10.2.